The number of imidazole rings is 1. The van der Waals surface area contributed by atoms with E-state index < -0.39 is 0 Å². The minimum absolute atomic E-state index is 0.171. The molecule has 5 aromatic rings. The van der Waals surface area contributed by atoms with Gasteiger partial charge in [0.15, 0.2) is 0 Å². The van der Waals surface area contributed by atoms with Gasteiger partial charge in [0.25, 0.3) is 0 Å². The van der Waals surface area contributed by atoms with Crippen LogP contribution in [0.2, 0.25) is 0 Å². The van der Waals surface area contributed by atoms with E-state index in [9.17, 15) is 9.18 Å². The minimum Gasteiger partial charge on any atom is -0.326 e. The maximum atomic E-state index is 13.5. The van der Waals surface area contributed by atoms with Crippen molar-refractivity contribution in [2.75, 3.05) is 5.32 Å². The largest absolute Gasteiger partial charge is 0.326 e. The number of benzene rings is 3. The van der Waals surface area contributed by atoms with Crippen LogP contribution in [-0.2, 0) is 11.2 Å². The topological polar surface area (TPSA) is 46.4 Å². The zero-order valence-electron chi connectivity index (χ0n) is 19.8. The number of carbonyl (C=O) groups is 1. The summed E-state index contributed by atoms with van der Waals surface area (Å²) in [5.74, 6) is -0.551. The zero-order valence-corrected chi connectivity index (χ0v) is 19.8. The van der Waals surface area contributed by atoms with Crippen LogP contribution in [0.4, 0.5) is 10.1 Å². The van der Waals surface area contributed by atoms with Crippen molar-refractivity contribution in [2.24, 2.45) is 0 Å². The van der Waals surface area contributed by atoms with Crippen LogP contribution < -0.4 is 5.32 Å². The number of aryl methyl sites for hydroxylation is 3. The van der Waals surface area contributed by atoms with Gasteiger partial charge in [-0.05, 0) is 61.7 Å². The number of hydrogen-bond donors (Lipinski definition) is 1. The van der Waals surface area contributed by atoms with Gasteiger partial charge < -0.3 is 9.72 Å². The Morgan fingerprint density at radius 1 is 0.857 bits per heavy atom. The van der Waals surface area contributed by atoms with Crippen molar-refractivity contribution in [1.82, 2.24) is 9.38 Å². The van der Waals surface area contributed by atoms with Crippen LogP contribution in [0.25, 0.3) is 28.0 Å². The van der Waals surface area contributed by atoms with E-state index in [0.717, 1.165) is 33.7 Å². The van der Waals surface area contributed by atoms with Gasteiger partial charge in [0, 0.05) is 23.9 Å². The molecule has 0 unspecified atom stereocenters. The molecule has 2 heterocycles. The highest BCUT2D eigenvalue weighted by Gasteiger charge is 2.16. The van der Waals surface area contributed by atoms with Crippen LogP contribution in [0.3, 0.4) is 0 Å². The van der Waals surface area contributed by atoms with Crippen molar-refractivity contribution in [3.05, 3.63) is 114 Å². The molecule has 0 saturated carbocycles. The van der Waals surface area contributed by atoms with Crippen molar-refractivity contribution in [3.8, 4) is 22.4 Å². The van der Waals surface area contributed by atoms with E-state index in [4.69, 9.17) is 4.98 Å². The average Bonchev–Trinajstić information content (AvgIpc) is 3.21. The summed E-state index contributed by atoms with van der Waals surface area (Å²) in [7, 11) is 0. The lowest BCUT2D eigenvalue weighted by Gasteiger charge is -2.09. The Labute approximate surface area is 204 Å². The normalized spacial score (nSPS) is 11.1. The number of anilines is 1. The predicted octanol–water partition coefficient (Wildman–Crippen LogP) is 7.00. The van der Waals surface area contributed by atoms with Crippen LogP contribution in [0.15, 0.2) is 91.1 Å². The molecule has 0 bridgehead atoms. The Kier molecular flexibility index (Phi) is 6.15. The molecule has 0 atom stereocenters. The fraction of sp³-hybridized carbons (Fsp3) is 0.133. The molecule has 1 N–H and O–H groups in total. The van der Waals surface area contributed by atoms with E-state index in [1.54, 1.807) is 12.1 Å². The van der Waals surface area contributed by atoms with Crippen molar-refractivity contribution >= 4 is 17.2 Å². The highest BCUT2D eigenvalue weighted by molar-refractivity contribution is 5.91. The molecule has 4 nitrogen and oxygen atoms in total. The third kappa shape index (κ3) is 4.99. The molecule has 174 valence electrons. The molecule has 0 aliphatic rings. The summed E-state index contributed by atoms with van der Waals surface area (Å²) in [4.78, 5) is 17.6. The van der Waals surface area contributed by atoms with Crippen LogP contribution in [0.1, 0.15) is 23.2 Å². The summed E-state index contributed by atoms with van der Waals surface area (Å²) in [6.07, 6.45) is 2.83. The van der Waals surface area contributed by atoms with Crippen molar-refractivity contribution in [3.63, 3.8) is 0 Å². The Balaban J connectivity index is 1.51. The number of nitrogens with one attached hydrogen (secondary N) is 1. The Morgan fingerprint density at radius 2 is 1.63 bits per heavy atom. The van der Waals surface area contributed by atoms with Crippen molar-refractivity contribution in [1.29, 1.82) is 0 Å². The highest BCUT2D eigenvalue weighted by atomic mass is 19.1. The lowest BCUT2D eigenvalue weighted by molar-refractivity contribution is -0.116. The van der Waals surface area contributed by atoms with Crippen LogP contribution in [0, 0.1) is 19.7 Å². The molecule has 5 rings (SSSR count). The molecule has 0 radical (unpaired) electrons. The highest BCUT2D eigenvalue weighted by Crippen LogP contribution is 2.29. The van der Waals surface area contributed by atoms with E-state index >= 15 is 0 Å². The molecule has 3 aromatic carbocycles. The lowest BCUT2D eigenvalue weighted by Crippen LogP contribution is -2.13. The van der Waals surface area contributed by atoms with Gasteiger partial charge in [0.2, 0.25) is 5.91 Å². The first kappa shape index (κ1) is 22.5. The fourth-order valence-corrected chi connectivity index (χ4v) is 4.29. The summed E-state index contributed by atoms with van der Waals surface area (Å²) in [5, 5.41) is 2.79. The monoisotopic (exact) mass is 463 g/mol. The molecule has 2 aromatic heterocycles. The van der Waals surface area contributed by atoms with E-state index in [-0.39, 0.29) is 18.1 Å². The third-order valence-electron chi connectivity index (χ3n) is 6.09. The molecule has 1 amide bonds. The quantitative estimate of drug-likeness (QED) is 0.295. The SMILES string of the molecule is Cc1ccc(-c2nc3ccc(-c4cccc(C)c4)cn3c2CCC(=O)Nc2cccc(F)c2)cc1. The van der Waals surface area contributed by atoms with Crippen LogP contribution in [-0.4, -0.2) is 15.3 Å². The summed E-state index contributed by atoms with van der Waals surface area (Å²) in [6.45, 7) is 4.14. The molecular weight excluding hydrogens is 437 g/mol. The number of rotatable bonds is 6. The number of hydrogen-bond acceptors (Lipinski definition) is 2. The molecule has 0 aliphatic carbocycles. The lowest BCUT2D eigenvalue weighted by atomic mass is 10.0. The van der Waals surface area contributed by atoms with E-state index in [0.29, 0.717) is 12.1 Å². The number of amides is 1. The van der Waals surface area contributed by atoms with Gasteiger partial charge in [0.1, 0.15) is 11.5 Å². The molecular formula is C30H26FN3O. The Bertz CT molecular complexity index is 1520. The number of halogens is 1. The van der Waals surface area contributed by atoms with Gasteiger partial charge in [0.05, 0.1) is 11.4 Å². The van der Waals surface area contributed by atoms with Crippen molar-refractivity contribution in [2.45, 2.75) is 26.7 Å². The molecule has 0 spiro atoms. The molecule has 0 fully saturated rings. The smallest absolute Gasteiger partial charge is 0.224 e. The van der Waals surface area contributed by atoms with Crippen LogP contribution >= 0.6 is 0 Å². The maximum Gasteiger partial charge on any atom is 0.224 e. The first-order chi connectivity index (χ1) is 17.0. The summed E-state index contributed by atoms with van der Waals surface area (Å²) in [5.41, 5.74) is 8.71. The second-order valence-corrected chi connectivity index (χ2v) is 8.85. The number of aromatic nitrogens is 2. The zero-order chi connectivity index (χ0) is 24.4. The Morgan fingerprint density at radius 3 is 2.40 bits per heavy atom. The molecule has 0 aliphatic heterocycles. The maximum absolute atomic E-state index is 13.5. The van der Waals surface area contributed by atoms with Gasteiger partial charge in [-0.3, -0.25) is 4.79 Å². The fourth-order valence-electron chi connectivity index (χ4n) is 4.29. The summed E-state index contributed by atoms with van der Waals surface area (Å²) < 4.78 is 15.6. The summed E-state index contributed by atoms with van der Waals surface area (Å²) >= 11 is 0. The molecule has 5 heteroatoms. The van der Waals surface area contributed by atoms with Gasteiger partial charge in [-0.25, -0.2) is 9.37 Å². The number of pyridine rings is 1. The number of fused-ring (bicyclic) bond motifs is 1. The first-order valence-corrected chi connectivity index (χ1v) is 11.7. The van der Waals surface area contributed by atoms with E-state index in [2.05, 4.69) is 84.4 Å². The second-order valence-electron chi connectivity index (χ2n) is 8.85. The van der Waals surface area contributed by atoms with E-state index in [1.165, 1.54) is 23.3 Å². The van der Waals surface area contributed by atoms with E-state index in [1.807, 2.05) is 6.07 Å². The Hall–Kier alpha value is -4.25. The third-order valence-corrected chi connectivity index (χ3v) is 6.09. The van der Waals surface area contributed by atoms with Crippen LogP contribution in [0.5, 0.6) is 0 Å². The number of carbonyl (C=O) groups excluding carboxylic acids is 1. The van der Waals surface area contributed by atoms with Gasteiger partial charge in [-0.15, -0.1) is 0 Å². The minimum atomic E-state index is -0.380. The summed E-state index contributed by atoms with van der Waals surface area (Å²) in [6, 6.07) is 26.7. The second kappa shape index (κ2) is 9.55. The molecule has 0 saturated heterocycles. The first-order valence-electron chi connectivity index (χ1n) is 11.7. The predicted molar refractivity (Wildman–Crippen MR) is 139 cm³/mol. The van der Waals surface area contributed by atoms with Crippen molar-refractivity contribution < 1.29 is 9.18 Å². The van der Waals surface area contributed by atoms with Gasteiger partial charge in [-0.2, -0.15) is 0 Å². The van der Waals surface area contributed by atoms with Gasteiger partial charge >= 0.3 is 0 Å². The van der Waals surface area contributed by atoms with Gasteiger partial charge in [-0.1, -0.05) is 65.7 Å². The average molecular weight is 464 g/mol. The standard InChI is InChI=1S/C30H26FN3O/c1-20-9-11-22(12-10-20)30-27(14-16-29(35)32-26-8-4-7-25(31)18-26)34-19-24(13-15-28(34)33-30)23-6-3-5-21(2)17-23/h3-13,15,17-19H,14,16H2,1-2H3,(H,32,35). The number of nitrogens with zero attached hydrogens (tertiary/aromatic N) is 2. The molecule has 35 heavy (non-hydrogen) atoms.